The van der Waals surface area contributed by atoms with Crippen molar-refractivity contribution in [2.24, 2.45) is 0 Å². The average molecular weight is 294 g/mol. The molecule has 7 heteroatoms. The van der Waals surface area contributed by atoms with Gasteiger partial charge in [0.1, 0.15) is 0 Å². The first-order valence-corrected chi connectivity index (χ1v) is 7.69. The number of aliphatic hydroxyl groups excluding tert-OH is 1. The van der Waals surface area contributed by atoms with Gasteiger partial charge in [0.15, 0.2) is 0 Å². The van der Waals surface area contributed by atoms with Crippen LogP contribution in [-0.4, -0.2) is 51.8 Å². The van der Waals surface area contributed by atoms with E-state index in [2.05, 4.69) is 15.5 Å². The fraction of sp³-hybridized carbons (Fsp3) is 0.786. The van der Waals surface area contributed by atoms with Crippen molar-refractivity contribution in [1.82, 2.24) is 20.4 Å². The van der Waals surface area contributed by atoms with Gasteiger partial charge in [-0.1, -0.05) is 18.0 Å². The highest BCUT2D eigenvalue weighted by Crippen LogP contribution is 2.24. The molecule has 2 fully saturated rings. The Hall–Kier alpha value is -1.47. The molecular weight excluding hydrogens is 272 g/mol. The Morgan fingerprint density at radius 2 is 2.14 bits per heavy atom. The molecule has 0 bridgehead atoms. The third-order valence-corrected chi connectivity index (χ3v) is 4.50. The van der Waals surface area contributed by atoms with E-state index in [0.29, 0.717) is 5.89 Å². The Balaban J connectivity index is 1.69. The first-order chi connectivity index (χ1) is 10.2. The van der Waals surface area contributed by atoms with E-state index >= 15 is 0 Å². The van der Waals surface area contributed by atoms with Crippen molar-refractivity contribution in [3.63, 3.8) is 0 Å². The number of carbonyl (C=O) groups is 1. The van der Waals surface area contributed by atoms with Crippen LogP contribution in [0, 0.1) is 0 Å². The SMILES string of the molecule is CN(C(=O)c1noc(C2CCCN2)n1)C1CCCCC1O. The third-order valence-electron chi connectivity index (χ3n) is 4.50. The lowest BCUT2D eigenvalue weighted by Crippen LogP contribution is -2.46. The van der Waals surface area contributed by atoms with Gasteiger partial charge in [0, 0.05) is 7.05 Å². The largest absolute Gasteiger partial charge is 0.391 e. The Kier molecular flexibility index (Phi) is 4.21. The number of hydrogen-bond donors (Lipinski definition) is 2. The second-order valence-corrected chi connectivity index (χ2v) is 5.94. The van der Waals surface area contributed by atoms with E-state index in [4.69, 9.17) is 4.52 Å². The summed E-state index contributed by atoms with van der Waals surface area (Å²) in [5.41, 5.74) is 0. The number of rotatable bonds is 3. The Morgan fingerprint density at radius 3 is 2.86 bits per heavy atom. The molecule has 1 saturated heterocycles. The number of aliphatic hydroxyl groups is 1. The highest BCUT2D eigenvalue weighted by atomic mass is 16.5. The molecule has 1 aromatic rings. The molecule has 2 heterocycles. The summed E-state index contributed by atoms with van der Waals surface area (Å²) in [6.45, 7) is 0.935. The molecule has 116 valence electrons. The predicted octanol–water partition coefficient (Wildman–Crippen LogP) is 0.870. The van der Waals surface area contributed by atoms with Crippen molar-refractivity contribution in [2.75, 3.05) is 13.6 Å². The van der Waals surface area contributed by atoms with Crippen molar-refractivity contribution in [3.05, 3.63) is 11.7 Å². The molecule has 1 aliphatic carbocycles. The van der Waals surface area contributed by atoms with Crippen LogP contribution < -0.4 is 5.32 Å². The fourth-order valence-electron chi connectivity index (χ4n) is 3.21. The molecule has 3 atom stereocenters. The Morgan fingerprint density at radius 1 is 1.33 bits per heavy atom. The molecule has 0 radical (unpaired) electrons. The molecule has 3 rings (SSSR count). The van der Waals surface area contributed by atoms with E-state index < -0.39 is 6.10 Å². The fourth-order valence-corrected chi connectivity index (χ4v) is 3.21. The minimum absolute atomic E-state index is 0.0598. The molecule has 2 aliphatic rings. The lowest BCUT2D eigenvalue weighted by molar-refractivity contribution is 0.0259. The van der Waals surface area contributed by atoms with E-state index in [-0.39, 0.29) is 23.8 Å². The number of amides is 1. The minimum atomic E-state index is -0.462. The maximum absolute atomic E-state index is 12.4. The molecule has 1 aromatic heterocycles. The van der Waals surface area contributed by atoms with Crippen LogP contribution in [0.15, 0.2) is 4.52 Å². The van der Waals surface area contributed by atoms with Crippen LogP contribution in [0.5, 0.6) is 0 Å². The van der Waals surface area contributed by atoms with Crippen LogP contribution in [0.3, 0.4) is 0 Å². The molecule has 1 amide bonds. The van der Waals surface area contributed by atoms with Gasteiger partial charge in [-0.15, -0.1) is 0 Å². The van der Waals surface area contributed by atoms with Gasteiger partial charge < -0.3 is 19.8 Å². The summed E-state index contributed by atoms with van der Waals surface area (Å²) in [7, 11) is 1.70. The van der Waals surface area contributed by atoms with Crippen molar-refractivity contribution < 1.29 is 14.4 Å². The molecule has 7 nitrogen and oxygen atoms in total. The second-order valence-electron chi connectivity index (χ2n) is 5.94. The molecule has 2 N–H and O–H groups in total. The zero-order valence-corrected chi connectivity index (χ0v) is 12.3. The lowest BCUT2D eigenvalue weighted by Gasteiger charge is -2.34. The summed E-state index contributed by atoms with van der Waals surface area (Å²) >= 11 is 0. The number of nitrogens with zero attached hydrogens (tertiary/aromatic N) is 3. The number of carbonyl (C=O) groups excluding carboxylic acids is 1. The monoisotopic (exact) mass is 294 g/mol. The van der Waals surface area contributed by atoms with Crippen molar-refractivity contribution in [3.8, 4) is 0 Å². The van der Waals surface area contributed by atoms with Crippen LogP contribution in [0.2, 0.25) is 0 Å². The number of aromatic nitrogens is 2. The van der Waals surface area contributed by atoms with Crippen LogP contribution in [-0.2, 0) is 0 Å². The van der Waals surface area contributed by atoms with E-state index in [1.54, 1.807) is 11.9 Å². The topological polar surface area (TPSA) is 91.5 Å². The summed E-state index contributed by atoms with van der Waals surface area (Å²) in [5, 5.41) is 17.1. The summed E-state index contributed by atoms with van der Waals surface area (Å²) in [6.07, 6.45) is 5.17. The molecule has 3 unspecified atom stereocenters. The van der Waals surface area contributed by atoms with Crippen molar-refractivity contribution in [1.29, 1.82) is 0 Å². The zero-order chi connectivity index (χ0) is 14.8. The van der Waals surface area contributed by atoms with Gasteiger partial charge in [0.2, 0.25) is 5.89 Å². The highest BCUT2D eigenvalue weighted by molar-refractivity contribution is 5.90. The minimum Gasteiger partial charge on any atom is -0.391 e. The summed E-state index contributed by atoms with van der Waals surface area (Å²) in [6, 6.07) is -0.0950. The standard InChI is InChI=1S/C14H22N4O3/c1-18(10-6-2-3-7-11(10)19)14(20)12-16-13(21-17-12)9-5-4-8-15-9/h9-11,15,19H,2-8H2,1H3. The number of hydrogen-bond acceptors (Lipinski definition) is 6. The molecule has 1 saturated carbocycles. The lowest BCUT2D eigenvalue weighted by atomic mass is 9.91. The maximum atomic E-state index is 12.4. The van der Waals surface area contributed by atoms with E-state index in [0.717, 1.165) is 45.1 Å². The summed E-state index contributed by atoms with van der Waals surface area (Å²) in [4.78, 5) is 18.2. The molecule has 0 spiro atoms. The van der Waals surface area contributed by atoms with Crippen molar-refractivity contribution in [2.45, 2.75) is 56.7 Å². The van der Waals surface area contributed by atoms with Crippen LogP contribution in [0.1, 0.15) is 61.1 Å². The van der Waals surface area contributed by atoms with Gasteiger partial charge in [-0.25, -0.2) is 0 Å². The molecular formula is C14H22N4O3. The van der Waals surface area contributed by atoms with Gasteiger partial charge >= 0.3 is 0 Å². The Bertz CT molecular complexity index is 498. The van der Waals surface area contributed by atoms with Crippen LogP contribution >= 0.6 is 0 Å². The van der Waals surface area contributed by atoms with Gasteiger partial charge in [-0.3, -0.25) is 4.79 Å². The first-order valence-electron chi connectivity index (χ1n) is 7.69. The van der Waals surface area contributed by atoms with Crippen LogP contribution in [0.25, 0.3) is 0 Å². The predicted molar refractivity (Wildman–Crippen MR) is 74.6 cm³/mol. The molecule has 1 aliphatic heterocycles. The normalized spacial score (nSPS) is 29.5. The van der Waals surface area contributed by atoms with Gasteiger partial charge in [0.25, 0.3) is 11.7 Å². The van der Waals surface area contributed by atoms with E-state index in [1.807, 2.05) is 0 Å². The van der Waals surface area contributed by atoms with Gasteiger partial charge in [-0.2, -0.15) is 4.98 Å². The highest BCUT2D eigenvalue weighted by Gasteiger charge is 2.32. The quantitative estimate of drug-likeness (QED) is 0.859. The molecule has 0 aromatic carbocycles. The smallest absolute Gasteiger partial charge is 0.295 e. The van der Waals surface area contributed by atoms with Crippen molar-refractivity contribution >= 4 is 5.91 Å². The maximum Gasteiger partial charge on any atom is 0.295 e. The summed E-state index contributed by atoms with van der Waals surface area (Å²) in [5.74, 6) is 0.279. The third kappa shape index (κ3) is 2.94. The zero-order valence-electron chi connectivity index (χ0n) is 12.3. The number of likely N-dealkylation sites (N-methyl/N-ethyl adjacent to an activating group) is 1. The van der Waals surface area contributed by atoms with Crippen LogP contribution in [0.4, 0.5) is 0 Å². The average Bonchev–Trinajstić information content (AvgIpc) is 3.17. The summed E-state index contributed by atoms with van der Waals surface area (Å²) < 4.78 is 5.20. The Labute approximate surface area is 123 Å². The second kappa shape index (κ2) is 6.11. The van der Waals surface area contributed by atoms with E-state index in [9.17, 15) is 9.90 Å². The first kappa shape index (κ1) is 14.5. The van der Waals surface area contributed by atoms with Gasteiger partial charge in [0.05, 0.1) is 18.2 Å². The molecule has 21 heavy (non-hydrogen) atoms. The number of nitrogens with one attached hydrogen (secondary N) is 1. The van der Waals surface area contributed by atoms with E-state index in [1.165, 1.54) is 0 Å². The van der Waals surface area contributed by atoms with Gasteiger partial charge in [-0.05, 0) is 32.2 Å².